The average molecular weight is 683 g/mol. The van der Waals surface area contributed by atoms with E-state index in [1.54, 1.807) is 30.0 Å². The van der Waals surface area contributed by atoms with Crippen LogP contribution in [0, 0.1) is 11.8 Å². The van der Waals surface area contributed by atoms with Crippen molar-refractivity contribution >= 4 is 21.6 Å². The van der Waals surface area contributed by atoms with E-state index in [4.69, 9.17) is 18.9 Å². The van der Waals surface area contributed by atoms with E-state index in [2.05, 4.69) is 20.8 Å². The monoisotopic (exact) mass is 682 g/mol. The number of hydrogen-bond acceptors (Lipinski definition) is 10. The number of aromatic hydroxyl groups is 3. The van der Waals surface area contributed by atoms with Gasteiger partial charge in [-0.2, -0.15) is 0 Å². The first-order valence-corrected chi connectivity index (χ1v) is 19.0. The van der Waals surface area contributed by atoms with E-state index in [0.29, 0.717) is 35.7 Å². The Hall–Kier alpha value is -3.08. The number of aliphatic hydroxyl groups is 1. The van der Waals surface area contributed by atoms with E-state index in [0.717, 1.165) is 65.7 Å². The van der Waals surface area contributed by atoms with E-state index in [1.165, 1.54) is 7.11 Å². The van der Waals surface area contributed by atoms with Crippen molar-refractivity contribution in [3.63, 3.8) is 0 Å². The van der Waals surface area contributed by atoms with Gasteiger partial charge in [0.05, 0.1) is 20.8 Å². The van der Waals surface area contributed by atoms with E-state index >= 15 is 0 Å². The van der Waals surface area contributed by atoms with Crippen LogP contribution in [0.4, 0.5) is 0 Å². The smallest absolute Gasteiger partial charge is 0.207 e. The molecule has 0 spiro atoms. The highest BCUT2D eigenvalue weighted by molar-refractivity contribution is 8.76. The van der Waals surface area contributed by atoms with Gasteiger partial charge in [0, 0.05) is 40.2 Å². The number of hydrogen-bond donors (Lipinski definition) is 4. The summed E-state index contributed by atoms with van der Waals surface area (Å²) in [4.78, 5) is 0. The molecule has 8 nitrogen and oxygen atoms in total. The van der Waals surface area contributed by atoms with Crippen molar-refractivity contribution in [2.45, 2.75) is 76.9 Å². The third kappa shape index (κ3) is 6.53. The number of methoxy groups -OCH3 is 2. The van der Waals surface area contributed by atoms with E-state index < -0.39 is 12.2 Å². The molecule has 0 amide bonds. The SMILES string of the molecule is COc1cc2c3c4c1-c1ccc(O)cc1[C@H](CC[C@@H](C)CCSSC[C@@H]3[C@@H](O)[C@H](c1cc(OCCC(C)C)c(O)c(OC)c1O)O2)C4. The maximum absolute atomic E-state index is 12.3. The van der Waals surface area contributed by atoms with Crippen LogP contribution >= 0.6 is 21.6 Å². The molecule has 3 aromatic carbocycles. The van der Waals surface area contributed by atoms with E-state index in [9.17, 15) is 20.4 Å². The Morgan fingerprint density at radius 3 is 2.49 bits per heavy atom. The molecule has 5 atom stereocenters. The maximum Gasteiger partial charge on any atom is 0.207 e. The minimum Gasteiger partial charge on any atom is -0.508 e. The van der Waals surface area contributed by atoms with Crippen LogP contribution in [-0.4, -0.2) is 58.9 Å². The zero-order valence-electron chi connectivity index (χ0n) is 27.7. The molecular weight excluding hydrogens is 637 g/mol. The molecule has 3 aliphatic rings. The Bertz CT molecular complexity index is 1610. The van der Waals surface area contributed by atoms with Gasteiger partial charge in [-0.3, -0.25) is 0 Å². The lowest BCUT2D eigenvalue weighted by Crippen LogP contribution is -2.37. The highest BCUT2D eigenvalue weighted by Gasteiger charge is 2.44. The second-order valence-electron chi connectivity index (χ2n) is 13.5. The topological polar surface area (TPSA) is 118 Å². The zero-order valence-corrected chi connectivity index (χ0v) is 29.4. The van der Waals surface area contributed by atoms with Crippen LogP contribution in [0.25, 0.3) is 11.1 Å². The number of aliphatic hydroxyl groups excluding tert-OH is 1. The molecule has 4 N–H and O–H groups in total. The fourth-order valence-electron chi connectivity index (χ4n) is 7.24. The Balaban J connectivity index is 1.51. The van der Waals surface area contributed by atoms with Crippen molar-refractivity contribution in [3.8, 4) is 51.4 Å². The van der Waals surface area contributed by atoms with Gasteiger partial charge in [0.25, 0.3) is 0 Å². The largest absolute Gasteiger partial charge is 0.508 e. The molecule has 0 radical (unpaired) electrons. The van der Waals surface area contributed by atoms with Crippen LogP contribution in [0.3, 0.4) is 0 Å². The fourth-order valence-corrected chi connectivity index (χ4v) is 9.83. The van der Waals surface area contributed by atoms with Crippen molar-refractivity contribution < 1.29 is 39.4 Å². The summed E-state index contributed by atoms with van der Waals surface area (Å²) < 4.78 is 24.1. The first-order valence-electron chi connectivity index (χ1n) is 16.5. The summed E-state index contributed by atoms with van der Waals surface area (Å²) in [5.74, 6) is 3.43. The van der Waals surface area contributed by atoms with Crippen molar-refractivity contribution in [1.82, 2.24) is 0 Å². The Morgan fingerprint density at radius 1 is 0.936 bits per heavy atom. The second-order valence-corrected chi connectivity index (χ2v) is 16.1. The molecule has 2 aliphatic heterocycles. The Labute approximate surface area is 285 Å². The van der Waals surface area contributed by atoms with Crippen LogP contribution in [0.5, 0.6) is 40.2 Å². The first kappa shape index (κ1) is 33.8. The summed E-state index contributed by atoms with van der Waals surface area (Å²) in [7, 11) is 6.60. The molecule has 1 aliphatic carbocycles. The maximum atomic E-state index is 12.3. The lowest BCUT2D eigenvalue weighted by Gasteiger charge is -2.41. The van der Waals surface area contributed by atoms with Gasteiger partial charge in [-0.25, -0.2) is 0 Å². The van der Waals surface area contributed by atoms with Gasteiger partial charge in [0.15, 0.2) is 17.6 Å². The number of phenols is 3. The highest BCUT2D eigenvalue weighted by atomic mass is 33.1. The van der Waals surface area contributed by atoms with Crippen molar-refractivity contribution in [2.24, 2.45) is 11.8 Å². The molecular formula is C37H46O8S2. The van der Waals surface area contributed by atoms with Gasteiger partial charge >= 0.3 is 0 Å². The van der Waals surface area contributed by atoms with Crippen molar-refractivity contribution in [1.29, 1.82) is 0 Å². The third-order valence-electron chi connectivity index (χ3n) is 9.88. The standard InChI is InChI=1S/C37H46O8S2/c1-19(2)10-12-44-30-16-26(33(39)37(43-5)35(30)41)36-34(40)27-18-47-46-13-11-20(3)6-7-21-14-25-31(23-9-8-22(38)15-24(21)23)28(42-4)17-29(45-36)32(25)27/h8-9,15-17,19-21,27,34,36,38-41H,6-7,10-14,18H2,1-5H3/t20-,21-,27+,34-,36+/m1/s1. The van der Waals surface area contributed by atoms with E-state index in [1.807, 2.05) is 29.0 Å². The average Bonchev–Trinajstić information content (AvgIpc) is 3.05. The molecule has 0 saturated heterocycles. The van der Waals surface area contributed by atoms with Crippen molar-refractivity contribution in [2.75, 3.05) is 32.3 Å². The third-order valence-corrected chi connectivity index (χ3v) is 12.4. The van der Waals surface area contributed by atoms with Gasteiger partial charge in [0.2, 0.25) is 11.5 Å². The molecule has 0 unspecified atom stereocenters. The summed E-state index contributed by atoms with van der Waals surface area (Å²) in [6.45, 7) is 6.87. The number of fused-ring (bicyclic) bond motifs is 4. The zero-order chi connectivity index (χ0) is 33.4. The predicted molar refractivity (Wildman–Crippen MR) is 188 cm³/mol. The minimum atomic E-state index is -1.03. The molecule has 6 rings (SSSR count). The summed E-state index contributed by atoms with van der Waals surface area (Å²) in [6, 6.07) is 9.06. The van der Waals surface area contributed by atoms with E-state index in [-0.39, 0.29) is 46.1 Å². The molecule has 0 fully saturated rings. The summed E-state index contributed by atoms with van der Waals surface area (Å²) in [6.07, 6.45) is 2.69. The van der Waals surface area contributed by atoms with Crippen molar-refractivity contribution in [3.05, 3.63) is 52.6 Å². The summed E-state index contributed by atoms with van der Waals surface area (Å²) in [5.41, 5.74) is 5.49. The summed E-state index contributed by atoms with van der Waals surface area (Å²) in [5, 5.41) is 45.1. The lowest BCUT2D eigenvalue weighted by molar-refractivity contribution is 0.00296. The number of phenolic OH excluding ortho intramolecular Hbond substituents is 3. The van der Waals surface area contributed by atoms with Gasteiger partial charge in [-0.05, 0) is 78.3 Å². The Kier molecular flexibility index (Phi) is 10.2. The van der Waals surface area contributed by atoms with Gasteiger partial charge in [0.1, 0.15) is 23.4 Å². The molecule has 2 heterocycles. The van der Waals surface area contributed by atoms with Crippen LogP contribution in [0.2, 0.25) is 0 Å². The quantitative estimate of drug-likeness (QED) is 0.181. The fraction of sp³-hybridized carbons (Fsp3) is 0.514. The number of benzene rings is 3. The second kappa shape index (κ2) is 14.2. The molecule has 0 saturated carbocycles. The molecule has 47 heavy (non-hydrogen) atoms. The molecule has 3 aromatic rings. The predicted octanol–water partition coefficient (Wildman–Crippen LogP) is 8.33. The highest BCUT2D eigenvalue weighted by Crippen LogP contribution is 2.57. The van der Waals surface area contributed by atoms with Gasteiger partial charge in [-0.1, -0.05) is 54.8 Å². The van der Waals surface area contributed by atoms with Gasteiger partial charge in [-0.15, -0.1) is 0 Å². The molecule has 254 valence electrons. The van der Waals surface area contributed by atoms with Crippen LogP contribution in [-0.2, 0) is 6.42 Å². The number of rotatable bonds is 7. The molecule has 0 aromatic heterocycles. The van der Waals surface area contributed by atoms with Gasteiger partial charge < -0.3 is 39.4 Å². The first-order chi connectivity index (χ1) is 22.6. The Morgan fingerprint density at radius 2 is 1.74 bits per heavy atom. The van der Waals surface area contributed by atoms with Crippen LogP contribution < -0.4 is 18.9 Å². The van der Waals surface area contributed by atoms with Crippen LogP contribution in [0.15, 0.2) is 30.3 Å². The molecule has 10 heteroatoms. The normalized spacial score (nSPS) is 23.9. The number of ether oxygens (including phenoxy) is 4. The lowest BCUT2D eigenvalue weighted by atomic mass is 9.71. The molecule has 2 bridgehead atoms. The van der Waals surface area contributed by atoms with Crippen LogP contribution in [0.1, 0.15) is 86.6 Å². The summed E-state index contributed by atoms with van der Waals surface area (Å²) >= 11 is 0. The minimum absolute atomic E-state index is 0.122.